The van der Waals surface area contributed by atoms with Crippen LogP contribution in [0.2, 0.25) is 0 Å². The van der Waals surface area contributed by atoms with Gasteiger partial charge in [-0.25, -0.2) is 9.97 Å². The molecule has 4 aromatic heterocycles. The van der Waals surface area contributed by atoms with E-state index in [4.69, 9.17) is 0 Å². The molecule has 1 aliphatic rings. The van der Waals surface area contributed by atoms with E-state index in [9.17, 15) is 8.78 Å². The molecule has 0 saturated carbocycles. The molecule has 0 aromatic carbocycles. The Morgan fingerprint density at radius 2 is 2.19 bits per heavy atom. The second-order valence-corrected chi connectivity index (χ2v) is 9.11. The SMILES string of the molecule is CC1CCCCN1Cc1cc(Nc2nc(C(C)(F)F)cn3c(-c4cn[nH]c4)cnc23)sn1. The highest BCUT2D eigenvalue weighted by atomic mass is 32.1. The Morgan fingerprint density at radius 3 is 2.94 bits per heavy atom. The summed E-state index contributed by atoms with van der Waals surface area (Å²) in [6.07, 6.45) is 9.95. The first kappa shape index (κ1) is 21.0. The van der Waals surface area contributed by atoms with Gasteiger partial charge in [0.2, 0.25) is 0 Å². The van der Waals surface area contributed by atoms with Gasteiger partial charge in [-0.3, -0.25) is 14.4 Å². The number of hydrogen-bond acceptors (Lipinski definition) is 7. The third kappa shape index (κ3) is 4.09. The molecule has 0 radical (unpaired) electrons. The Morgan fingerprint density at radius 1 is 1.31 bits per heavy atom. The minimum atomic E-state index is -3.11. The van der Waals surface area contributed by atoms with Gasteiger partial charge in [-0.1, -0.05) is 6.42 Å². The number of nitrogens with one attached hydrogen (secondary N) is 2. The highest BCUT2D eigenvalue weighted by Gasteiger charge is 2.29. The van der Waals surface area contributed by atoms with E-state index in [-0.39, 0.29) is 11.5 Å². The first-order valence-electron chi connectivity index (χ1n) is 10.6. The molecule has 11 heteroatoms. The first-order valence-corrected chi connectivity index (χ1v) is 11.4. The predicted molar refractivity (Wildman–Crippen MR) is 119 cm³/mol. The van der Waals surface area contributed by atoms with Crippen LogP contribution in [0.3, 0.4) is 0 Å². The van der Waals surface area contributed by atoms with Gasteiger partial charge in [0.1, 0.15) is 10.7 Å². The quantitative estimate of drug-likeness (QED) is 0.431. The molecule has 1 atom stereocenters. The number of piperidine rings is 1. The van der Waals surface area contributed by atoms with Crippen LogP contribution in [0.25, 0.3) is 16.9 Å². The van der Waals surface area contributed by atoms with Crippen molar-refractivity contribution in [2.45, 2.75) is 51.6 Å². The molecular formula is C21H24F2N8S. The van der Waals surface area contributed by atoms with Gasteiger partial charge in [-0.05, 0) is 43.9 Å². The van der Waals surface area contributed by atoms with Gasteiger partial charge in [0.05, 0.1) is 23.8 Å². The van der Waals surface area contributed by atoms with Crippen molar-refractivity contribution >= 4 is 28.0 Å². The van der Waals surface area contributed by atoms with Crippen LogP contribution in [0.4, 0.5) is 19.6 Å². The van der Waals surface area contributed by atoms with Gasteiger partial charge in [0.25, 0.3) is 5.92 Å². The molecule has 1 unspecified atom stereocenters. The number of hydrogen-bond donors (Lipinski definition) is 2. The molecule has 1 saturated heterocycles. The number of aromatic amines is 1. The van der Waals surface area contributed by atoms with Crippen LogP contribution in [0, 0.1) is 0 Å². The van der Waals surface area contributed by atoms with Crippen molar-refractivity contribution in [2.75, 3.05) is 11.9 Å². The molecular weight excluding hydrogens is 434 g/mol. The summed E-state index contributed by atoms with van der Waals surface area (Å²) in [5.41, 5.74) is 2.46. The molecule has 0 amide bonds. The standard InChI is InChI=1S/C21H24F2N8S/c1-13-5-3-4-6-30(13)11-15-7-18(32-29-15)28-19-20-24-10-16(14-8-25-26-9-14)31(20)12-17(27-19)21(2,22)23/h7-10,12-13H,3-6,11H2,1-2H3,(H,25,26)(H,27,28). The molecule has 32 heavy (non-hydrogen) atoms. The van der Waals surface area contributed by atoms with Crippen molar-refractivity contribution in [3.8, 4) is 11.3 Å². The van der Waals surface area contributed by atoms with E-state index in [0.717, 1.165) is 36.3 Å². The average Bonchev–Trinajstić information content (AvgIpc) is 3.49. The lowest BCUT2D eigenvalue weighted by atomic mass is 10.0. The van der Waals surface area contributed by atoms with Crippen molar-refractivity contribution in [3.63, 3.8) is 0 Å². The Balaban J connectivity index is 1.47. The van der Waals surface area contributed by atoms with Crippen LogP contribution < -0.4 is 5.32 Å². The minimum absolute atomic E-state index is 0.264. The van der Waals surface area contributed by atoms with Crippen LogP contribution in [0.1, 0.15) is 44.5 Å². The molecule has 5 rings (SSSR count). The average molecular weight is 459 g/mol. The predicted octanol–water partition coefficient (Wildman–Crippen LogP) is 4.81. The van der Waals surface area contributed by atoms with Gasteiger partial charge >= 0.3 is 0 Å². The first-order chi connectivity index (χ1) is 15.4. The lowest BCUT2D eigenvalue weighted by Crippen LogP contribution is -2.36. The molecule has 4 aromatic rings. The highest BCUT2D eigenvalue weighted by Crippen LogP contribution is 2.32. The van der Waals surface area contributed by atoms with E-state index in [1.807, 2.05) is 6.07 Å². The number of anilines is 2. The maximum absolute atomic E-state index is 14.2. The van der Waals surface area contributed by atoms with E-state index < -0.39 is 5.92 Å². The van der Waals surface area contributed by atoms with E-state index in [2.05, 4.69) is 41.7 Å². The Hall–Kier alpha value is -2.92. The monoisotopic (exact) mass is 458 g/mol. The van der Waals surface area contributed by atoms with Gasteiger partial charge in [-0.2, -0.15) is 18.3 Å². The van der Waals surface area contributed by atoms with E-state index in [1.54, 1.807) is 23.0 Å². The lowest BCUT2D eigenvalue weighted by molar-refractivity contribution is 0.0124. The lowest BCUT2D eigenvalue weighted by Gasteiger charge is -2.32. The second-order valence-electron chi connectivity index (χ2n) is 8.31. The normalized spacial score (nSPS) is 17.8. The fraction of sp³-hybridized carbons (Fsp3) is 0.429. The Kier molecular flexibility index (Phi) is 5.38. The van der Waals surface area contributed by atoms with Crippen LogP contribution in [-0.2, 0) is 12.5 Å². The number of imidazole rings is 1. The molecule has 0 bridgehead atoms. The second kappa shape index (κ2) is 8.21. The van der Waals surface area contributed by atoms with Crippen molar-refractivity contribution in [3.05, 3.63) is 42.2 Å². The zero-order valence-electron chi connectivity index (χ0n) is 17.8. The summed E-state index contributed by atoms with van der Waals surface area (Å²) in [5, 5.41) is 10.6. The van der Waals surface area contributed by atoms with Crippen molar-refractivity contribution in [2.24, 2.45) is 0 Å². The number of aromatic nitrogens is 6. The summed E-state index contributed by atoms with van der Waals surface area (Å²) in [5.74, 6) is -2.84. The number of likely N-dealkylation sites (tertiary alicyclic amines) is 1. The number of halogens is 2. The van der Waals surface area contributed by atoms with Crippen LogP contribution >= 0.6 is 11.5 Å². The smallest absolute Gasteiger partial charge is 0.288 e. The van der Waals surface area contributed by atoms with Crippen molar-refractivity contribution in [1.82, 2.24) is 33.8 Å². The van der Waals surface area contributed by atoms with Crippen LogP contribution in [0.15, 0.2) is 30.9 Å². The Bertz CT molecular complexity index is 1210. The maximum atomic E-state index is 14.2. The molecule has 0 spiro atoms. The van der Waals surface area contributed by atoms with Gasteiger partial charge in [0.15, 0.2) is 11.5 Å². The fourth-order valence-corrected chi connectivity index (χ4v) is 4.71. The van der Waals surface area contributed by atoms with E-state index in [0.29, 0.717) is 17.4 Å². The molecule has 0 aliphatic carbocycles. The highest BCUT2D eigenvalue weighted by molar-refractivity contribution is 7.10. The molecule has 8 nitrogen and oxygen atoms in total. The molecule has 168 valence electrons. The van der Waals surface area contributed by atoms with Crippen molar-refractivity contribution < 1.29 is 8.78 Å². The van der Waals surface area contributed by atoms with Crippen LogP contribution in [0.5, 0.6) is 0 Å². The maximum Gasteiger partial charge on any atom is 0.288 e. The largest absolute Gasteiger partial charge is 0.328 e. The van der Waals surface area contributed by atoms with E-state index in [1.165, 1.54) is 37.0 Å². The van der Waals surface area contributed by atoms with Crippen LogP contribution in [-0.4, -0.2) is 46.4 Å². The number of fused-ring (bicyclic) bond motifs is 1. The van der Waals surface area contributed by atoms with Gasteiger partial charge < -0.3 is 5.32 Å². The summed E-state index contributed by atoms with van der Waals surface area (Å²) in [4.78, 5) is 11.1. The number of nitrogens with zero attached hydrogens (tertiary/aromatic N) is 6. The van der Waals surface area contributed by atoms with Crippen molar-refractivity contribution in [1.29, 1.82) is 0 Å². The number of H-pyrrole nitrogens is 1. The zero-order valence-corrected chi connectivity index (χ0v) is 18.7. The topological polar surface area (TPSA) is 87.0 Å². The third-order valence-corrected chi connectivity index (χ3v) is 6.58. The molecule has 1 fully saturated rings. The molecule has 2 N–H and O–H groups in total. The van der Waals surface area contributed by atoms with Gasteiger partial charge in [-0.15, -0.1) is 0 Å². The third-order valence-electron chi connectivity index (χ3n) is 5.84. The molecule has 1 aliphatic heterocycles. The van der Waals surface area contributed by atoms with E-state index >= 15 is 0 Å². The zero-order chi connectivity index (χ0) is 22.3. The van der Waals surface area contributed by atoms with Gasteiger partial charge in [0, 0.05) is 37.5 Å². The summed E-state index contributed by atoms with van der Waals surface area (Å²) in [6, 6.07) is 2.50. The summed E-state index contributed by atoms with van der Waals surface area (Å²) in [7, 11) is 0. The molecule has 5 heterocycles. The number of alkyl halides is 2. The summed E-state index contributed by atoms with van der Waals surface area (Å²) < 4.78 is 34.6. The minimum Gasteiger partial charge on any atom is -0.328 e. The number of rotatable bonds is 6. The summed E-state index contributed by atoms with van der Waals surface area (Å²) in [6.45, 7) is 4.94. The summed E-state index contributed by atoms with van der Waals surface area (Å²) >= 11 is 1.29. The fourth-order valence-electron chi connectivity index (χ4n) is 4.05. The Labute approximate surface area is 187 Å².